The van der Waals surface area contributed by atoms with Gasteiger partial charge in [0.05, 0.1) is 17.9 Å². The third-order valence-electron chi connectivity index (χ3n) is 4.28. The number of nitrogens with one attached hydrogen (secondary N) is 1. The quantitative estimate of drug-likeness (QED) is 0.638. The Bertz CT molecular complexity index is 853. The molecule has 2 aromatic rings. The number of pyridine rings is 1. The molecule has 7 nitrogen and oxygen atoms in total. The zero-order valence-electron chi connectivity index (χ0n) is 16.0. The number of carboxylic acid groups (broad SMARTS) is 1. The van der Waals surface area contributed by atoms with E-state index in [0.29, 0.717) is 18.1 Å². The predicted octanol–water partition coefficient (Wildman–Crippen LogP) is 3.67. The minimum atomic E-state index is -1.02. The van der Waals surface area contributed by atoms with E-state index in [0.717, 1.165) is 24.1 Å². The fourth-order valence-electron chi connectivity index (χ4n) is 2.69. The Morgan fingerprint density at radius 2 is 2.14 bits per heavy atom. The van der Waals surface area contributed by atoms with Crippen LogP contribution in [-0.2, 0) is 4.84 Å². The third kappa shape index (κ3) is 4.80. The maximum atomic E-state index is 11.3. The summed E-state index contributed by atoms with van der Waals surface area (Å²) in [5.41, 5.74) is 4.02. The number of aromatic carboxylic acids is 1. The van der Waals surface area contributed by atoms with E-state index in [-0.39, 0.29) is 12.2 Å². The van der Waals surface area contributed by atoms with Crippen molar-refractivity contribution >= 4 is 11.7 Å². The molecular weight excluding hydrogens is 360 g/mol. The summed E-state index contributed by atoms with van der Waals surface area (Å²) in [6.07, 6.45) is 7.27. The van der Waals surface area contributed by atoms with E-state index in [2.05, 4.69) is 17.4 Å². The van der Waals surface area contributed by atoms with E-state index >= 15 is 0 Å². The molecule has 7 heteroatoms. The van der Waals surface area contributed by atoms with Gasteiger partial charge in [-0.25, -0.2) is 4.79 Å². The van der Waals surface area contributed by atoms with E-state index in [1.54, 1.807) is 18.5 Å². The lowest BCUT2D eigenvalue weighted by atomic mass is 10.1. The normalized spacial score (nSPS) is 18.3. The van der Waals surface area contributed by atoms with Crippen molar-refractivity contribution in [2.45, 2.75) is 32.3 Å². The summed E-state index contributed by atoms with van der Waals surface area (Å²) in [7, 11) is 0. The van der Waals surface area contributed by atoms with Crippen molar-refractivity contribution in [2.24, 2.45) is 0 Å². The lowest BCUT2D eigenvalue weighted by Gasteiger charge is -2.21. The van der Waals surface area contributed by atoms with Crippen LogP contribution in [-0.4, -0.2) is 34.9 Å². The van der Waals surface area contributed by atoms with Crippen molar-refractivity contribution in [3.8, 4) is 11.5 Å². The second-order valence-electron chi connectivity index (χ2n) is 6.77. The van der Waals surface area contributed by atoms with Gasteiger partial charge in [-0.15, -0.1) is 0 Å². The third-order valence-corrected chi connectivity index (χ3v) is 4.28. The molecule has 0 spiro atoms. The number of unbranched alkanes of at least 4 members (excludes halogenated alkanes) is 1. The smallest absolute Gasteiger partial charge is 0.335 e. The van der Waals surface area contributed by atoms with Gasteiger partial charge < -0.3 is 14.6 Å². The van der Waals surface area contributed by atoms with Crippen LogP contribution in [0.1, 0.15) is 42.6 Å². The molecule has 0 saturated carbocycles. The minimum absolute atomic E-state index is 0.139. The molecule has 1 unspecified atom stereocenters. The number of aromatic nitrogens is 1. The first-order valence-corrected chi connectivity index (χ1v) is 9.21. The minimum Gasteiger partial charge on any atom is -0.490 e. The standard InChI is InChI=1S/C21H24N2O5/c1-3-4-10-26-18-8-7-15(20(24)25)11-19(18)27-14-21(2)12-17(23-28-21)16-6-5-9-22-13-16/h5-9,11-13,23H,3-4,10,14H2,1-2H3,(H,24,25). The van der Waals surface area contributed by atoms with Crippen LogP contribution < -0.4 is 15.0 Å². The van der Waals surface area contributed by atoms with Gasteiger partial charge in [0.1, 0.15) is 12.2 Å². The SMILES string of the molecule is CCCCOc1ccc(C(=O)O)cc1OCC1(C)C=C(c2cccnc2)NO1. The molecule has 2 heterocycles. The zero-order valence-corrected chi connectivity index (χ0v) is 16.0. The molecule has 1 aliphatic rings. The highest BCUT2D eigenvalue weighted by molar-refractivity contribution is 5.88. The Balaban J connectivity index is 1.74. The van der Waals surface area contributed by atoms with Crippen LogP contribution in [0.5, 0.6) is 11.5 Å². The number of hydroxylamine groups is 1. The Kier molecular flexibility index (Phi) is 6.16. The number of ether oxygens (including phenoxy) is 2. The first-order valence-electron chi connectivity index (χ1n) is 9.21. The molecule has 0 bridgehead atoms. The molecule has 1 aliphatic heterocycles. The summed E-state index contributed by atoms with van der Waals surface area (Å²) < 4.78 is 11.7. The Hall–Kier alpha value is -3.06. The molecule has 0 aliphatic carbocycles. The second-order valence-corrected chi connectivity index (χ2v) is 6.77. The van der Waals surface area contributed by atoms with Crippen LogP contribution in [0.3, 0.4) is 0 Å². The highest BCUT2D eigenvalue weighted by Crippen LogP contribution is 2.32. The van der Waals surface area contributed by atoms with Crippen LogP contribution in [0, 0.1) is 0 Å². The summed E-state index contributed by atoms with van der Waals surface area (Å²) in [4.78, 5) is 21.1. The van der Waals surface area contributed by atoms with Gasteiger partial charge >= 0.3 is 5.97 Å². The highest BCUT2D eigenvalue weighted by Gasteiger charge is 2.32. The summed E-state index contributed by atoms with van der Waals surface area (Å²) in [6.45, 7) is 4.67. The number of hydrogen-bond donors (Lipinski definition) is 2. The summed E-state index contributed by atoms with van der Waals surface area (Å²) >= 11 is 0. The average Bonchev–Trinajstić information content (AvgIpc) is 3.10. The summed E-state index contributed by atoms with van der Waals surface area (Å²) in [6, 6.07) is 8.38. The molecule has 148 valence electrons. The predicted molar refractivity (Wildman–Crippen MR) is 104 cm³/mol. The fourth-order valence-corrected chi connectivity index (χ4v) is 2.69. The van der Waals surface area contributed by atoms with E-state index in [4.69, 9.17) is 14.3 Å². The first kappa shape index (κ1) is 19.7. The molecule has 3 rings (SSSR count). The van der Waals surface area contributed by atoms with Gasteiger partial charge in [0, 0.05) is 18.0 Å². The molecule has 1 aromatic carbocycles. The number of hydrogen-bond acceptors (Lipinski definition) is 6. The van der Waals surface area contributed by atoms with Crippen LogP contribution in [0.25, 0.3) is 5.70 Å². The molecule has 0 amide bonds. The maximum Gasteiger partial charge on any atom is 0.335 e. The zero-order chi connectivity index (χ0) is 20.0. The lowest BCUT2D eigenvalue weighted by Crippen LogP contribution is -2.33. The molecular formula is C21H24N2O5. The fraction of sp³-hybridized carbons (Fsp3) is 0.333. The molecule has 1 atom stereocenters. The highest BCUT2D eigenvalue weighted by atomic mass is 16.7. The molecule has 2 N–H and O–H groups in total. The second kappa shape index (κ2) is 8.75. The van der Waals surface area contributed by atoms with E-state index in [9.17, 15) is 9.90 Å². The van der Waals surface area contributed by atoms with Crippen molar-refractivity contribution in [2.75, 3.05) is 13.2 Å². The van der Waals surface area contributed by atoms with Gasteiger partial charge in [-0.1, -0.05) is 13.3 Å². The number of nitrogens with zero attached hydrogens (tertiary/aromatic N) is 1. The van der Waals surface area contributed by atoms with Crippen molar-refractivity contribution in [3.05, 3.63) is 59.9 Å². The van der Waals surface area contributed by atoms with Crippen molar-refractivity contribution in [1.82, 2.24) is 10.5 Å². The molecule has 28 heavy (non-hydrogen) atoms. The van der Waals surface area contributed by atoms with Crippen molar-refractivity contribution in [1.29, 1.82) is 0 Å². The van der Waals surface area contributed by atoms with Crippen LogP contribution >= 0.6 is 0 Å². The van der Waals surface area contributed by atoms with Crippen LogP contribution in [0.4, 0.5) is 0 Å². The van der Waals surface area contributed by atoms with Crippen LogP contribution in [0.15, 0.2) is 48.8 Å². The number of benzene rings is 1. The average molecular weight is 384 g/mol. The summed E-state index contributed by atoms with van der Waals surface area (Å²) in [5.74, 6) is -0.123. The monoisotopic (exact) mass is 384 g/mol. The van der Waals surface area contributed by atoms with Gasteiger partial charge in [-0.2, -0.15) is 0 Å². The van der Waals surface area contributed by atoms with Gasteiger partial charge in [0.2, 0.25) is 0 Å². The maximum absolute atomic E-state index is 11.3. The number of carbonyl (C=O) groups is 1. The van der Waals surface area contributed by atoms with E-state index in [1.807, 2.05) is 25.1 Å². The Morgan fingerprint density at radius 1 is 1.29 bits per heavy atom. The molecule has 1 aromatic heterocycles. The van der Waals surface area contributed by atoms with Crippen molar-refractivity contribution in [3.63, 3.8) is 0 Å². The largest absolute Gasteiger partial charge is 0.490 e. The van der Waals surface area contributed by atoms with Gasteiger partial charge in [-0.3, -0.25) is 15.3 Å². The van der Waals surface area contributed by atoms with Gasteiger partial charge in [0.15, 0.2) is 11.5 Å². The first-order chi connectivity index (χ1) is 13.5. The number of carboxylic acids is 1. The molecule has 0 saturated heterocycles. The molecule has 0 radical (unpaired) electrons. The topological polar surface area (TPSA) is 89.9 Å². The van der Waals surface area contributed by atoms with E-state index < -0.39 is 11.6 Å². The summed E-state index contributed by atoms with van der Waals surface area (Å²) in [5, 5.41) is 9.26. The van der Waals surface area contributed by atoms with Crippen molar-refractivity contribution < 1.29 is 24.2 Å². The Labute approximate surface area is 163 Å². The van der Waals surface area contributed by atoms with Gasteiger partial charge in [0.25, 0.3) is 0 Å². The lowest BCUT2D eigenvalue weighted by molar-refractivity contribution is -0.0476. The van der Waals surface area contributed by atoms with Gasteiger partial charge in [-0.05, 0) is 49.8 Å². The Morgan fingerprint density at radius 3 is 2.86 bits per heavy atom. The number of rotatable bonds is 9. The van der Waals surface area contributed by atoms with E-state index in [1.165, 1.54) is 12.1 Å². The van der Waals surface area contributed by atoms with Crippen LogP contribution in [0.2, 0.25) is 0 Å². The molecule has 0 fully saturated rings.